The highest BCUT2D eigenvalue weighted by Crippen LogP contribution is 2.42. The monoisotopic (exact) mass is 500 g/mol. The first-order valence-corrected chi connectivity index (χ1v) is 13.4. The molecule has 1 aliphatic carbocycles. The largest absolute Gasteiger partial charge is 0.497 e. The number of rotatable bonds is 5. The molecule has 3 unspecified atom stereocenters. The molecule has 0 saturated heterocycles. The zero-order valence-electron chi connectivity index (χ0n) is 21.0. The smallest absolute Gasteiger partial charge is 0.259 e. The molecule has 2 amide bonds. The van der Waals surface area contributed by atoms with Crippen molar-refractivity contribution in [3.05, 3.63) is 83.4 Å². The van der Waals surface area contributed by atoms with E-state index in [1.54, 1.807) is 23.8 Å². The highest BCUT2D eigenvalue weighted by molar-refractivity contribution is 7.99. The maximum atomic E-state index is 13.8. The first kappa shape index (κ1) is 24.4. The topological polar surface area (TPSA) is 58.6 Å². The molecule has 186 valence electrons. The Labute approximate surface area is 217 Å². The third-order valence-corrected chi connectivity index (χ3v) is 8.73. The summed E-state index contributed by atoms with van der Waals surface area (Å²) in [4.78, 5) is 30.8. The zero-order valence-corrected chi connectivity index (χ0v) is 21.8. The van der Waals surface area contributed by atoms with Crippen LogP contribution in [0.25, 0.3) is 0 Å². The van der Waals surface area contributed by atoms with Gasteiger partial charge in [0, 0.05) is 21.4 Å². The third-order valence-electron chi connectivity index (χ3n) is 7.59. The van der Waals surface area contributed by atoms with Gasteiger partial charge in [0.2, 0.25) is 0 Å². The predicted molar refractivity (Wildman–Crippen MR) is 144 cm³/mol. The molecular formula is C30H32N2O3S. The molecule has 0 aromatic heterocycles. The molecule has 0 bridgehead atoms. The number of benzene rings is 3. The standard InChI is InChI=1S/C30H32N2O3S/c1-19-8-6-12-25(20(19)2)31-29(33)22-14-15-28-26(17-22)32(18-21-9-7-10-23(16-21)35-3)30(34)24-11-4-5-13-27(24)36-28/h4-5,7,9-11,13-17,19-20,25H,6,8,12,18H2,1-3H3,(H,31,33). The maximum Gasteiger partial charge on any atom is 0.259 e. The van der Waals surface area contributed by atoms with Crippen molar-refractivity contribution in [3.63, 3.8) is 0 Å². The van der Waals surface area contributed by atoms with E-state index in [-0.39, 0.29) is 17.9 Å². The van der Waals surface area contributed by atoms with Crippen LogP contribution in [0, 0.1) is 11.8 Å². The van der Waals surface area contributed by atoms with Crippen molar-refractivity contribution in [3.8, 4) is 5.75 Å². The number of hydrogen-bond acceptors (Lipinski definition) is 4. The van der Waals surface area contributed by atoms with E-state index in [0.717, 1.165) is 39.6 Å². The second kappa shape index (κ2) is 10.4. The van der Waals surface area contributed by atoms with E-state index < -0.39 is 0 Å². The number of anilines is 1. The second-order valence-corrected chi connectivity index (χ2v) is 11.0. The number of amides is 2. The fourth-order valence-electron chi connectivity index (χ4n) is 5.21. The van der Waals surface area contributed by atoms with Gasteiger partial charge < -0.3 is 15.0 Å². The van der Waals surface area contributed by atoms with Gasteiger partial charge in [0.05, 0.1) is 24.9 Å². The molecule has 2 aliphatic rings. The van der Waals surface area contributed by atoms with Gasteiger partial charge in [0.1, 0.15) is 5.75 Å². The van der Waals surface area contributed by atoms with Crippen LogP contribution in [0.4, 0.5) is 5.69 Å². The van der Waals surface area contributed by atoms with Crippen molar-refractivity contribution in [2.24, 2.45) is 11.8 Å². The van der Waals surface area contributed by atoms with E-state index in [9.17, 15) is 9.59 Å². The minimum atomic E-state index is -0.0794. The Morgan fingerprint density at radius 1 is 1.03 bits per heavy atom. The fourth-order valence-corrected chi connectivity index (χ4v) is 6.27. The molecule has 1 aliphatic heterocycles. The van der Waals surface area contributed by atoms with E-state index in [4.69, 9.17) is 4.74 Å². The molecule has 5 nitrogen and oxygen atoms in total. The Morgan fingerprint density at radius 3 is 2.69 bits per heavy atom. The number of nitrogens with one attached hydrogen (secondary N) is 1. The van der Waals surface area contributed by atoms with E-state index in [0.29, 0.717) is 29.5 Å². The van der Waals surface area contributed by atoms with Gasteiger partial charge in [-0.1, -0.05) is 62.7 Å². The van der Waals surface area contributed by atoms with Crippen LogP contribution in [0.5, 0.6) is 5.75 Å². The SMILES string of the molecule is COc1cccc(CN2C(=O)c3ccccc3Sc3ccc(C(=O)NC4CCCC(C)C4C)cc32)c1. The average Bonchev–Trinajstić information content (AvgIpc) is 3.01. The maximum absolute atomic E-state index is 13.8. The molecule has 3 atom stereocenters. The van der Waals surface area contributed by atoms with Crippen LogP contribution in [0.1, 0.15) is 59.4 Å². The van der Waals surface area contributed by atoms with Gasteiger partial charge >= 0.3 is 0 Å². The molecule has 1 saturated carbocycles. The lowest BCUT2D eigenvalue weighted by molar-refractivity contribution is 0.0889. The summed E-state index contributed by atoms with van der Waals surface area (Å²) < 4.78 is 5.40. The van der Waals surface area contributed by atoms with E-state index in [2.05, 4.69) is 19.2 Å². The van der Waals surface area contributed by atoms with Crippen molar-refractivity contribution < 1.29 is 14.3 Å². The highest BCUT2D eigenvalue weighted by atomic mass is 32.2. The molecule has 3 aromatic rings. The molecule has 5 rings (SSSR count). The van der Waals surface area contributed by atoms with Gasteiger partial charge in [0.25, 0.3) is 11.8 Å². The third kappa shape index (κ3) is 4.87. The molecule has 0 radical (unpaired) electrons. The highest BCUT2D eigenvalue weighted by Gasteiger charge is 2.31. The summed E-state index contributed by atoms with van der Waals surface area (Å²) in [7, 11) is 1.64. The van der Waals surface area contributed by atoms with Gasteiger partial charge in [-0.15, -0.1) is 0 Å². The fraction of sp³-hybridized carbons (Fsp3) is 0.333. The van der Waals surface area contributed by atoms with Gasteiger partial charge in [-0.05, 0) is 66.3 Å². The number of fused-ring (bicyclic) bond motifs is 2. The minimum absolute atomic E-state index is 0.0769. The second-order valence-electron chi connectivity index (χ2n) is 9.87. The van der Waals surface area contributed by atoms with Crippen molar-refractivity contribution in [1.29, 1.82) is 0 Å². The Hall–Kier alpha value is -3.25. The van der Waals surface area contributed by atoms with Gasteiger partial charge in [-0.3, -0.25) is 9.59 Å². The zero-order chi connectivity index (χ0) is 25.2. The van der Waals surface area contributed by atoms with Gasteiger partial charge in [-0.25, -0.2) is 0 Å². The number of methoxy groups -OCH3 is 1. The van der Waals surface area contributed by atoms with Crippen LogP contribution in [0.15, 0.2) is 76.5 Å². The molecular weight excluding hydrogens is 468 g/mol. The molecule has 1 heterocycles. The molecule has 36 heavy (non-hydrogen) atoms. The van der Waals surface area contributed by atoms with E-state index in [1.165, 1.54) is 6.42 Å². The Kier molecular flexibility index (Phi) is 7.06. The Balaban J connectivity index is 1.51. The number of hydrogen-bond donors (Lipinski definition) is 1. The normalized spacial score (nSPS) is 21.2. The number of carbonyl (C=O) groups excluding carboxylic acids is 2. The summed E-state index contributed by atoms with van der Waals surface area (Å²) >= 11 is 1.57. The first-order valence-electron chi connectivity index (χ1n) is 12.6. The summed E-state index contributed by atoms with van der Waals surface area (Å²) in [6.45, 7) is 4.87. The molecule has 1 fully saturated rings. The summed E-state index contributed by atoms with van der Waals surface area (Å²) in [6, 6.07) is 21.3. The summed E-state index contributed by atoms with van der Waals surface area (Å²) in [5.74, 6) is 1.63. The van der Waals surface area contributed by atoms with E-state index in [1.807, 2.05) is 66.7 Å². The molecule has 0 spiro atoms. The van der Waals surface area contributed by atoms with Crippen LogP contribution in [0.3, 0.4) is 0 Å². The summed E-state index contributed by atoms with van der Waals surface area (Å²) in [6.07, 6.45) is 3.36. The van der Waals surface area contributed by atoms with Crippen LogP contribution in [0.2, 0.25) is 0 Å². The van der Waals surface area contributed by atoms with Gasteiger partial charge in [0.15, 0.2) is 0 Å². The van der Waals surface area contributed by atoms with Crippen LogP contribution in [-0.4, -0.2) is 25.0 Å². The van der Waals surface area contributed by atoms with Crippen LogP contribution in [-0.2, 0) is 6.54 Å². The average molecular weight is 501 g/mol. The summed E-state index contributed by atoms with van der Waals surface area (Å²) in [5, 5.41) is 3.28. The summed E-state index contributed by atoms with van der Waals surface area (Å²) in [5.41, 5.74) is 2.95. The minimum Gasteiger partial charge on any atom is -0.497 e. The van der Waals surface area contributed by atoms with E-state index >= 15 is 0 Å². The number of carbonyl (C=O) groups is 2. The Bertz CT molecular complexity index is 1290. The van der Waals surface area contributed by atoms with Crippen molar-refractivity contribution in [2.75, 3.05) is 12.0 Å². The number of ether oxygens (including phenoxy) is 1. The number of nitrogens with zero attached hydrogens (tertiary/aromatic N) is 1. The van der Waals surface area contributed by atoms with Crippen LogP contribution >= 0.6 is 11.8 Å². The Morgan fingerprint density at radius 2 is 1.86 bits per heavy atom. The lowest BCUT2D eigenvalue weighted by Gasteiger charge is -2.34. The molecule has 3 aromatic carbocycles. The molecule has 1 N–H and O–H groups in total. The lowest BCUT2D eigenvalue weighted by atomic mass is 9.78. The van der Waals surface area contributed by atoms with Crippen molar-refractivity contribution in [1.82, 2.24) is 5.32 Å². The van der Waals surface area contributed by atoms with Crippen molar-refractivity contribution in [2.45, 2.75) is 55.5 Å². The predicted octanol–water partition coefficient (Wildman–Crippen LogP) is 6.56. The van der Waals surface area contributed by atoms with Gasteiger partial charge in [-0.2, -0.15) is 0 Å². The molecule has 6 heteroatoms. The van der Waals surface area contributed by atoms with Crippen molar-refractivity contribution >= 4 is 29.3 Å². The van der Waals surface area contributed by atoms with Crippen LogP contribution < -0.4 is 15.0 Å². The first-order chi connectivity index (χ1) is 17.4. The lowest BCUT2D eigenvalue weighted by Crippen LogP contribution is -2.43. The quantitative estimate of drug-likeness (QED) is 0.431.